The van der Waals surface area contributed by atoms with Crippen molar-refractivity contribution in [2.75, 3.05) is 5.88 Å². The van der Waals surface area contributed by atoms with Crippen LogP contribution in [0.5, 0.6) is 0 Å². The number of unbranched alkanes of at least 4 members (excludes halogenated alkanes) is 1. The molecule has 0 saturated heterocycles. The maximum Gasteiger partial charge on any atom is 0.0226 e. The van der Waals surface area contributed by atoms with E-state index in [2.05, 4.69) is 6.58 Å². The number of hydrogen-bond donors (Lipinski definition) is 0. The molecule has 0 bridgehead atoms. The third-order valence-corrected chi connectivity index (χ3v) is 0.809. The van der Waals surface area contributed by atoms with Gasteiger partial charge in [0.05, 0.1) is 0 Å². The zero-order valence-corrected chi connectivity index (χ0v) is 4.54. The fourth-order valence-electron chi connectivity index (χ4n) is 0.221. The molecule has 1 heteroatoms. The van der Waals surface area contributed by atoms with Gasteiger partial charge in [-0.15, -0.1) is 18.2 Å². The molecule has 0 unspecified atom stereocenters. The highest BCUT2D eigenvalue weighted by Gasteiger charge is 1.73. The van der Waals surface area contributed by atoms with E-state index in [1.165, 1.54) is 0 Å². The van der Waals surface area contributed by atoms with Crippen LogP contribution >= 0.6 is 11.6 Å². The fraction of sp³-hybridized carbons (Fsp3) is 0.600. The largest absolute Gasteiger partial charge is 0.127 e. The Morgan fingerprint density at radius 1 is 1.67 bits per heavy atom. The van der Waals surface area contributed by atoms with Crippen molar-refractivity contribution in [1.82, 2.24) is 0 Å². The summed E-state index contributed by atoms with van der Waals surface area (Å²) in [7, 11) is 0. The van der Waals surface area contributed by atoms with Crippen LogP contribution in [0.1, 0.15) is 12.8 Å². The summed E-state index contributed by atoms with van der Waals surface area (Å²) in [5.41, 5.74) is 0. The number of rotatable bonds is 3. The van der Waals surface area contributed by atoms with Gasteiger partial charge in [-0.05, 0) is 12.8 Å². The molecular formula is C5H9Cl. The van der Waals surface area contributed by atoms with Gasteiger partial charge in [0.1, 0.15) is 0 Å². The minimum Gasteiger partial charge on any atom is -0.127 e. The standard InChI is InChI=1S/C5H9Cl/c1-2-3-4-5-6/h2H,1,3-5H2. The molecule has 0 aliphatic heterocycles. The van der Waals surface area contributed by atoms with Crippen LogP contribution in [0.2, 0.25) is 0 Å². The van der Waals surface area contributed by atoms with E-state index in [1.807, 2.05) is 6.08 Å². The Balaban J connectivity index is 2.49. The van der Waals surface area contributed by atoms with E-state index in [4.69, 9.17) is 11.6 Å². The lowest BCUT2D eigenvalue weighted by molar-refractivity contribution is 0.969. The zero-order valence-electron chi connectivity index (χ0n) is 3.78. The molecule has 0 aromatic carbocycles. The second-order valence-electron chi connectivity index (χ2n) is 1.12. The molecule has 0 saturated carbocycles. The normalized spacial score (nSPS) is 8.17. The zero-order chi connectivity index (χ0) is 4.83. The van der Waals surface area contributed by atoms with Crippen molar-refractivity contribution in [2.45, 2.75) is 12.8 Å². The highest BCUT2D eigenvalue weighted by Crippen LogP contribution is 1.89. The van der Waals surface area contributed by atoms with E-state index in [9.17, 15) is 0 Å². The van der Waals surface area contributed by atoms with E-state index < -0.39 is 0 Å². The van der Waals surface area contributed by atoms with Gasteiger partial charge in [-0.25, -0.2) is 0 Å². The molecule has 0 spiro atoms. The number of hydrogen-bond acceptors (Lipinski definition) is 0. The smallest absolute Gasteiger partial charge is 0.0226 e. The second-order valence-corrected chi connectivity index (χ2v) is 1.50. The summed E-state index contributed by atoms with van der Waals surface area (Å²) in [5, 5.41) is 0. The van der Waals surface area contributed by atoms with Gasteiger partial charge >= 0.3 is 0 Å². The predicted molar refractivity (Wildman–Crippen MR) is 30.2 cm³/mol. The van der Waals surface area contributed by atoms with Gasteiger partial charge in [-0.1, -0.05) is 6.08 Å². The third kappa shape index (κ3) is 4.03. The lowest BCUT2D eigenvalue weighted by Gasteiger charge is -1.80. The first kappa shape index (κ1) is 6.03. The topological polar surface area (TPSA) is 0 Å². The second kappa shape index (κ2) is 5.03. The fourth-order valence-corrected chi connectivity index (χ4v) is 0.376. The van der Waals surface area contributed by atoms with Crippen molar-refractivity contribution in [3.63, 3.8) is 0 Å². The summed E-state index contributed by atoms with van der Waals surface area (Å²) in [6.45, 7) is 3.54. The van der Waals surface area contributed by atoms with Gasteiger partial charge in [0.25, 0.3) is 0 Å². The van der Waals surface area contributed by atoms with E-state index in [0.717, 1.165) is 18.7 Å². The molecule has 0 rings (SSSR count). The molecule has 36 valence electrons. The Labute approximate surface area is 43.8 Å². The molecule has 0 aliphatic rings. The van der Waals surface area contributed by atoms with Gasteiger partial charge in [0.15, 0.2) is 0 Å². The van der Waals surface area contributed by atoms with Crippen LogP contribution in [0.4, 0.5) is 0 Å². The molecule has 0 aromatic heterocycles. The molecule has 0 aromatic rings. The summed E-state index contributed by atoms with van der Waals surface area (Å²) in [6.07, 6.45) is 3.98. The van der Waals surface area contributed by atoms with Crippen LogP contribution in [-0.4, -0.2) is 5.88 Å². The first-order valence-electron chi connectivity index (χ1n) is 2.08. The lowest BCUT2D eigenvalue weighted by Crippen LogP contribution is -1.67. The summed E-state index contributed by atoms with van der Waals surface area (Å²) in [4.78, 5) is 0. The lowest BCUT2D eigenvalue weighted by atomic mass is 10.3. The summed E-state index contributed by atoms with van der Waals surface area (Å²) >= 11 is 5.33. The van der Waals surface area contributed by atoms with E-state index in [-0.39, 0.29) is 0 Å². The molecule has 0 radical (unpaired) electrons. The van der Waals surface area contributed by atoms with Crippen molar-refractivity contribution in [3.8, 4) is 0 Å². The van der Waals surface area contributed by atoms with E-state index in [0.29, 0.717) is 0 Å². The molecular weight excluding hydrogens is 95.5 g/mol. The van der Waals surface area contributed by atoms with Gasteiger partial charge in [-0.3, -0.25) is 0 Å². The number of halogens is 1. The molecule has 0 N–H and O–H groups in total. The highest BCUT2D eigenvalue weighted by atomic mass is 35.5. The minimum atomic E-state index is 0.756. The van der Waals surface area contributed by atoms with Gasteiger partial charge < -0.3 is 0 Å². The Hall–Kier alpha value is 0.0300. The summed E-state index contributed by atoms with van der Waals surface area (Å²) in [6, 6.07) is 0. The molecule has 0 aliphatic carbocycles. The first-order valence-corrected chi connectivity index (χ1v) is 2.62. The van der Waals surface area contributed by atoms with Crippen molar-refractivity contribution >= 4 is 11.6 Å². The Morgan fingerprint density at radius 2 is 2.33 bits per heavy atom. The Morgan fingerprint density at radius 3 is 2.50 bits per heavy atom. The van der Waals surface area contributed by atoms with Crippen molar-refractivity contribution < 1.29 is 0 Å². The Bertz CT molecular complexity index is 32.9. The van der Waals surface area contributed by atoms with Crippen LogP contribution in [-0.2, 0) is 0 Å². The van der Waals surface area contributed by atoms with Crippen LogP contribution < -0.4 is 0 Å². The monoisotopic (exact) mass is 104 g/mol. The molecule has 0 nitrogen and oxygen atoms in total. The molecule has 6 heavy (non-hydrogen) atoms. The van der Waals surface area contributed by atoms with Crippen LogP contribution in [0.15, 0.2) is 12.7 Å². The van der Waals surface area contributed by atoms with E-state index >= 15 is 0 Å². The minimum absolute atomic E-state index is 0.756. The highest BCUT2D eigenvalue weighted by molar-refractivity contribution is 6.17. The van der Waals surface area contributed by atoms with Crippen molar-refractivity contribution in [1.29, 1.82) is 0 Å². The number of allylic oxidation sites excluding steroid dienone is 1. The Kier molecular flexibility index (Phi) is 5.06. The molecule has 0 heterocycles. The summed E-state index contributed by atoms with van der Waals surface area (Å²) < 4.78 is 0. The third-order valence-electron chi connectivity index (χ3n) is 0.542. The van der Waals surface area contributed by atoms with Crippen molar-refractivity contribution in [2.24, 2.45) is 0 Å². The van der Waals surface area contributed by atoms with Crippen LogP contribution in [0, 0.1) is 0 Å². The first-order chi connectivity index (χ1) is 2.91. The SMILES string of the molecule is C=CCCCCl. The van der Waals surface area contributed by atoms with Crippen molar-refractivity contribution in [3.05, 3.63) is 12.7 Å². The molecule has 0 atom stereocenters. The van der Waals surface area contributed by atoms with Gasteiger partial charge in [0, 0.05) is 5.88 Å². The molecule has 0 fully saturated rings. The average molecular weight is 105 g/mol. The summed E-state index contributed by atoms with van der Waals surface area (Å²) in [5.74, 6) is 0.756. The van der Waals surface area contributed by atoms with Gasteiger partial charge in [-0.2, -0.15) is 0 Å². The quantitative estimate of drug-likeness (QED) is 0.293. The molecule has 0 amide bonds. The maximum atomic E-state index is 5.33. The van der Waals surface area contributed by atoms with Crippen LogP contribution in [0.25, 0.3) is 0 Å². The predicted octanol–water partition coefficient (Wildman–Crippen LogP) is 2.19. The number of alkyl halides is 1. The van der Waals surface area contributed by atoms with Crippen LogP contribution in [0.3, 0.4) is 0 Å². The average Bonchev–Trinajstić information content (AvgIpc) is 1.61. The maximum absolute atomic E-state index is 5.33. The van der Waals surface area contributed by atoms with E-state index in [1.54, 1.807) is 0 Å². The van der Waals surface area contributed by atoms with Gasteiger partial charge in [0.2, 0.25) is 0 Å².